The average molecular weight is 371 g/mol. The minimum absolute atomic E-state index is 0.319. The van der Waals surface area contributed by atoms with E-state index < -0.39 is 0 Å². The monoisotopic (exact) mass is 371 g/mol. The molecule has 1 aromatic rings. The van der Waals surface area contributed by atoms with Crippen molar-refractivity contribution in [2.45, 2.75) is 51.6 Å². The largest absolute Gasteiger partial charge is 0.300 e. The summed E-state index contributed by atoms with van der Waals surface area (Å²) in [7, 11) is 0. The van der Waals surface area contributed by atoms with Crippen LogP contribution in [0.25, 0.3) is 0 Å². The fourth-order valence-electron chi connectivity index (χ4n) is 2.83. The van der Waals surface area contributed by atoms with E-state index >= 15 is 0 Å². The molecule has 1 aromatic carbocycles. The lowest BCUT2D eigenvalue weighted by atomic mass is 10.0. The summed E-state index contributed by atoms with van der Waals surface area (Å²) in [5, 5.41) is 0. The van der Waals surface area contributed by atoms with E-state index in [2.05, 4.69) is 51.8 Å². The topological polar surface area (TPSA) is 20.3 Å². The van der Waals surface area contributed by atoms with E-state index in [1.807, 2.05) is 0 Å². The first kappa shape index (κ1) is 15.0. The van der Waals surface area contributed by atoms with E-state index in [4.69, 9.17) is 0 Å². The number of halogens is 1. The van der Waals surface area contributed by atoms with Gasteiger partial charge in [-0.05, 0) is 66.6 Å². The van der Waals surface area contributed by atoms with Crippen molar-refractivity contribution in [2.75, 3.05) is 6.54 Å². The Balaban J connectivity index is 2.04. The first-order chi connectivity index (χ1) is 9.15. The summed E-state index contributed by atoms with van der Waals surface area (Å²) in [5.41, 5.74) is 1.36. The number of likely N-dealkylation sites (tertiary alicyclic amines) is 1. The third-order valence-corrected chi connectivity index (χ3v) is 4.54. The summed E-state index contributed by atoms with van der Waals surface area (Å²) in [6.07, 6.45) is 5.71. The molecule has 0 aliphatic carbocycles. The first-order valence-corrected chi connectivity index (χ1v) is 8.21. The molecule has 0 N–H and O–H groups in total. The molecule has 104 valence electrons. The molecule has 1 unspecified atom stereocenters. The lowest BCUT2D eigenvalue weighted by molar-refractivity contribution is -0.118. The van der Waals surface area contributed by atoms with Gasteiger partial charge < -0.3 is 0 Å². The maximum absolute atomic E-state index is 11.4. The Morgan fingerprint density at radius 3 is 2.68 bits per heavy atom. The van der Waals surface area contributed by atoms with E-state index in [1.54, 1.807) is 6.92 Å². The van der Waals surface area contributed by atoms with Gasteiger partial charge in [0.25, 0.3) is 0 Å². The quantitative estimate of drug-likeness (QED) is 0.746. The smallest absolute Gasteiger partial charge is 0.131 e. The molecule has 1 saturated heterocycles. The minimum Gasteiger partial charge on any atom is -0.300 e. The van der Waals surface area contributed by atoms with Crippen LogP contribution in [0.1, 0.15) is 44.6 Å². The predicted octanol–water partition coefficient (Wildman–Crippen LogP) is 4.01. The Morgan fingerprint density at radius 2 is 2.00 bits per heavy atom. The Hall–Kier alpha value is -0.420. The van der Waals surface area contributed by atoms with Gasteiger partial charge in [-0.2, -0.15) is 0 Å². The van der Waals surface area contributed by atoms with Gasteiger partial charge in [0.1, 0.15) is 5.78 Å². The molecular weight excluding hydrogens is 349 g/mol. The number of hydrogen-bond acceptors (Lipinski definition) is 2. The zero-order chi connectivity index (χ0) is 13.7. The molecule has 2 rings (SSSR count). The van der Waals surface area contributed by atoms with Gasteiger partial charge >= 0.3 is 0 Å². The van der Waals surface area contributed by atoms with Gasteiger partial charge in [-0.15, -0.1) is 0 Å². The summed E-state index contributed by atoms with van der Waals surface area (Å²) >= 11 is 2.34. The van der Waals surface area contributed by atoms with Crippen LogP contribution in [0.15, 0.2) is 24.3 Å². The molecule has 1 fully saturated rings. The lowest BCUT2D eigenvalue weighted by Gasteiger charge is -2.29. The zero-order valence-corrected chi connectivity index (χ0v) is 13.7. The van der Waals surface area contributed by atoms with Crippen molar-refractivity contribution in [2.24, 2.45) is 0 Å². The molecule has 1 aliphatic rings. The lowest BCUT2D eigenvalue weighted by Crippen LogP contribution is -2.35. The number of carbonyl (C=O) groups excluding carboxylic acids is 1. The highest BCUT2D eigenvalue weighted by Crippen LogP contribution is 2.22. The van der Waals surface area contributed by atoms with Crippen LogP contribution in [0.3, 0.4) is 0 Å². The highest BCUT2D eigenvalue weighted by atomic mass is 127. The molecule has 0 radical (unpaired) electrons. The average Bonchev–Trinajstić information content (AvgIpc) is 2.58. The van der Waals surface area contributed by atoms with Crippen molar-refractivity contribution in [3.63, 3.8) is 0 Å². The van der Waals surface area contributed by atoms with Crippen LogP contribution in [-0.4, -0.2) is 23.3 Å². The van der Waals surface area contributed by atoms with Gasteiger partial charge in [-0.1, -0.05) is 25.0 Å². The van der Waals surface area contributed by atoms with Crippen LogP contribution >= 0.6 is 22.6 Å². The minimum atomic E-state index is 0.319. The maximum Gasteiger partial charge on any atom is 0.131 e. The Morgan fingerprint density at radius 1 is 1.26 bits per heavy atom. The van der Waals surface area contributed by atoms with Gasteiger partial charge in [0, 0.05) is 22.6 Å². The number of nitrogens with zero attached hydrogens (tertiary/aromatic N) is 1. The second kappa shape index (κ2) is 7.39. The number of hydrogen-bond donors (Lipinski definition) is 0. The molecule has 19 heavy (non-hydrogen) atoms. The van der Waals surface area contributed by atoms with Gasteiger partial charge in [0.05, 0.1) is 0 Å². The van der Waals surface area contributed by atoms with Crippen LogP contribution in [0.5, 0.6) is 0 Å². The SMILES string of the molecule is CC(=O)CC1CCCCCN1Cc1ccc(I)cc1. The van der Waals surface area contributed by atoms with Crippen molar-refractivity contribution in [3.8, 4) is 0 Å². The molecule has 3 heteroatoms. The highest BCUT2D eigenvalue weighted by molar-refractivity contribution is 14.1. The van der Waals surface area contributed by atoms with Crippen LogP contribution in [0, 0.1) is 3.57 Å². The molecule has 0 saturated carbocycles. The van der Waals surface area contributed by atoms with E-state index in [0.717, 1.165) is 13.1 Å². The molecule has 1 atom stereocenters. The molecule has 1 heterocycles. The Bertz CT molecular complexity index is 415. The summed E-state index contributed by atoms with van der Waals surface area (Å²) in [4.78, 5) is 13.9. The third kappa shape index (κ3) is 4.88. The first-order valence-electron chi connectivity index (χ1n) is 7.13. The normalized spacial score (nSPS) is 21.1. The number of Topliss-reactive ketones (excluding diaryl/α,β-unsaturated/α-hetero) is 1. The van der Waals surface area contributed by atoms with E-state index in [9.17, 15) is 4.79 Å². The number of carbonyl (C=O) groups is 1. The van der Waals surface area contributed by atoms with E-state index in [1.165, 1.54) is 34.8 Å². The number of rotatable bonds is 4. The van der Waals surface area contributed by atoms with Crippen molar-refractivity contribution in [1.82, 2.24) is 4.90 Å². The molecule has 0 aromatic heterocycles. The van der Waals surface area contributed by atoms with Gasteiger partial charge in [0.2, 0.25) is 0 Å². The molecule has 2 nitrogen and oxygen atoms in total. The van der Waals surface area contributed by atoms with Crippen LogP contribution in [-0.2, 0) is 11.3 Å². The molecule has 0 spiro atoms. The molecule has 1 aliphatic heterocycles. The Kier molecular flexibility index (Phi) is 5.82. The highest BCUT2D eigenvalue weighted by Gasteiger charge is 2.22. The number of ketones is 1. The fourth-order valence-corrected chi connectivity index (χ4v) is 3.19. The van der Waals surface area contributed by atoms with Gasteiger partial charge in [0.15, 0.2) is 0 Å². The van der Waals surface area contributed by atoms with Crippen molar-refractivity contribution in [1.29, 1.82) is 0 Å². The fraction of sp³-hybridized carbons (Fsp3) is 0.562. The Labute approximate surface area is 129 Å². The summed E-state index contributed by atoms with van der Waals surface area (Å²) in [5.74, 6) is 0.319. The predicted molar refractivity (Wildman–Crippen MR) is 87.1 cm³/mol. The summed E-state index contributed by atoms with van der Waals surface area (Å²) < 4.78 is 1.28. The van der Waals surface area contributed by atoms with Gasteiger partial charge in [-0.25, -0.2) is 0 Å². The second-order valence-electron chi connectivity index (χ2n) is 5.51. The third-order valence-electron chi connectivity index (χ3n) is 3.82. The number of benzene rings is 1. The van der Waals surface area contributed by atoms with Crippen molar-refractivity contribution >= 4 is 28.4 Å². The van der Waals surface area contributed by atoms with Gasteiger partial charge in [-0.3, -0.25) is 9.69 Å². The van der Waals surface area contributed by atoms with Crippen LogP contribution < -0.4 is 0 Å². The van der Waals surface area contributed by atoms with E-state index in [0.29, 0.717) is 18.2 Å². The standard InChI is InChI=1S/C16H22INO/c1-13(19)11-16-5-3-2-4-10-18(16)12-14-6-8-15(17)9-7-14/h6-9,16H,2-5,10-12H2,1H3. The zero-order valence-electron chi connectivity index (χ0n) is 11.6. The molecular formula is C16H22INO. The van der Waals surface area contributed by atoms with Crippen molar-refractivity contribution < 1.29 is 4.79 Å². The van der Waals surface area contributed by atoms with Crippen molar-refractivity contribution in [3.05, 3.63) is 33.4 Å². The summed E-state index contributed by atoms with van der Waals surface area (Å²) in [6, 6.07) is 9.18. The van der Waals surface area contributed by atoms with Crippen LogP contribution in [0.4, 0.5) is 0 Å². The summed E-state index contributed by atoms with van der Waals surface area (Å²) in [6.45, 7) is 3.83. The molecule has 0 bridgehead atoms. The second-order valence-corrected chi connectivity index (χ2v) is 6.75. The van der Waals surface area contributed by atoms with E-state index in [-0.39, 0.29) is 0 Å². The maximum atomic E-state index is 11.4. The molecule has 0 amide bonds. The van der Waals surface area contributed by atoms with Crippen LogP contribution in [0.2, 0.25) is 0 Å².